The summed E-state index contributed by atoms with van der Waals surface area (Å²) in [6.45, 7) is 5.68. The van der Waals surface area contributed by atoms with E-state index in [2.05, 4.69) is 18.0 Å². The van der Waals surface area contributed by atoms with Gasteiger partial charge in [0.2, 0.25) is 0 Å². The average Bonchev–Trinajstić information content (AvgIpc) is 3.43. The predicted octanol–water partition coefficient (Wildman–Crippen LogP) is 8.74. The van der Waals surface area contributed by atoms with E-state index in [0.717, 1.165) is 57.3 Å². The van der Waals surface area contributed by atoms with Gasteiger partial charge in [-0.2, -0.15) is 5.10 Å². The van der Waals surface area contributed by atoms with Crippen molar-refractivity contribution >= 4 is 69.4 Å². The lowest BCUT2D eigenvalue weighted by Crippen LogP contribution is -2.28. The van der Waals surface area contributed by atoms with Crippen LogP contribution in [-0.2, 0) is 6.42 Å². The highest BCUT2D eigenvalue weighted by Crippen LogP contribution is 2.36. The number of alkyl halides is 1. The first-order valence-corrected chi connectivity index (χ1v) is 14.2. The Hall–Kier alpha value is -2.57. The third-order valence-corrected chi connectivity index (χ3v) is 7.95. The van der Waals surface area contributed by atoms with Gasteiger partial charge in [0.05, 0.1) is 27.6 Å². The molecule has 0 unspecified atom stereocenters. The number of benzene rings is 1. The first-order valence-electron chi connectivity index (χ1n) is 12.1. The Labute approximate surface area is 236 Å². The Balaban J connectivity index is 1.84. The summed E-state index contributed by atoms with van der Waals surface area (Å²) in [7, 11) is 0. The fourth-order valence-electron chi connectivity index (χ4n) is 4.37. The lowest BCUT2D eigenvalue weighted by atomic mass is 10.0. The summed E-state index contributed by atoms with van der Waals surface area (Å²) in [6, 6.07) is 13.6. The van der Waals surface area contributed by atoms with Gasteiger partial charge in [-0.25, -0.2) is 4.68 Å². The van der Waals surface area contributed by atoms with Crippen molar-refractivity contribution in [3.05, 3.63) is 104 Å². The SMILES string of the molecule is C=C/C(Cl)=C\C=C(/CCl)n1nc(C(=O)N[C@H](C)c2ccccc2)c2c1/C(=C/c1ccc(Cl)s1)CCCC2. The fourth-order valence-corrected chi connectivity index (χ4v) is 5.66. The molecule has 37 heavy (non-hydrogen) atoms. The molecule has 2 aromatic heterocycles. The van der Waals surface area contributed by atoms with Crippen LogP contribution < -0.4 is 5.32 Å². The molecule has 1 atom stereocenters. The van der Waals surface area contributed by atoms with E-state index in [1.807, 2.05) is 55.5 Å². The van der Waals surface area contributed by atoms with Crippen molar-refractivity contribution in [1.82, 2.24) is 15.1 Å². The number of hydrogen-bond acceptors (Lipinski definition) is 3. The number of allylic oxidation sites excluding steroid dienone is 6. The number of thiophene rings is 1. The molecule has 0 radical (unpaired) electrons. The molecule has 0 fully saturated rings. The van der Waals surface area contributed by atoms with Crippen molar-refractivity contribution in [3.8, 4) is 0 Å². The molecule has 192 valence electrons. The van der Waals surface area contributed by atoms with Crippen LogP contribution in [-0.4, -0.2) is 21.6 Å². The lowest BCUT2D eigenvalue weighted by molar-refractivity contribution is 0.0933. The summed E-state index contributed by atoms with van der Waals surface area (Å²) in [5, 5.41) is 8.46. The molecule has 1 N–H and O–H groups in total. The number of carbonyl (C=O) groups excluding carboxylic acids is 1. The van der Waals surface area contributed by atoms with Crippen molar-refractivity contribution in [2.24, 2.45) is 0 Å². The van der Waals surface area contributed by atoms with Gasteiger partial charge in [-0.05, 0) is 74.1 Å². The van der Waals surface area contributed by atoms with Gasteiger partial charge in [0, 0.05) is 15.5 Å². The highest BCUT2D eigenvalue weighted by atomic mass is 35.5. The molecule has 3 aromatic rings. The van der Waals surface area contributed by atoms with Crippen LogP contribution in [0.4, 0.5) is 0 Å². The van der Waals surface area contributed by atoms with Crippen LogP contribution in [0.1, 0.15) is 64.4 Å². The standard InChI is InChI=1S/C29H28Cl3N3OS/c1-3-22(31)13-14-23(18-30)35-28-21(17-24-15-16-26(32)37-24)11-7-8-12-25(28)27(34-35)29(36)33-19(2)20-9-5-4-6-10-20/h3-6,9-10,13-17,19H,1,7-8,11-12,18H2,2H3,(H,33,36)/b21-17+,22-13+,23-14+/t19-/m1/s1. The van der Waals surface area contributed by atoms with Crippen LogP contribution in [0.3, 0.4) is 0 Å². The van der Waals surface area contributed by atoms with Crippen LogP contribution in [0, 0.1) is 0 Å². The number of fused-ring (bicyclic) bond motifs is 1. The molecule has 1 aliphatic carbocycles. The van der Waals surface area contributed by atoms with Gasteiger partial charge in [0.1, 0.15) is 0 Å². The second-order valence-electron chi connectivity index (χ2n) is 8.76. The molecule has 4 rings (SSSR count). The van der Waals surface area contributed by atoms with Crippen LogP contribution in [0.25, 0.3) is 17.3 Å². The van der Waals surface area contributed by atoms with E-state index in [0.29, 0.717) is 16.4 Å². The van der Waals surface area contributed by atoms with E-state index in [-0.39, 0.29) is 17.8 Å². The highest BCUT2D eigenvalue weighted by Gasteiger charge is 2.28. The minimum atomic E-state index is -0.208. The number of nitrogens with one attached hydrogen (secondary N) is 1. The monoisotopic (exact) mass is 571 g/mol. The number of amides is 1. The lowest BCUT2D eigenvalue weighted by Gasteiger charge is -2.14. The summed E-state index contributed by atoms with van der Waals surface area (Å²) >= 11 is 20.3. The molecule has 0 spiro atoms. The van der Waals surface area contributed by atoms with Crippen LogP contribution in [0.2, 0.25) is 4.34 Å². The molecule has 0 saturated heterocycles. The normalized spacial score (nSPS) is 16.3. The van der Waals surface area contributed by atoms with Gasteiger partial charge < -0.3 is 5.32 Å². The number of aromatic nitrogens is 2. The number of rotatable bonds is 8. The fraction of sp³-hybridized carbons (Fsp3) is 0.241. The maximum atomic E-state index is 13.6. The molecule has 8 heteroatoms. The number of nitrogens with zero attached hydrogens (tertiary/aromatic N) is 2. The third-order valence-electron chi connectivity index (χ3n) is 6.22. The predicted molar refractivity (Wildman–Crippen MR) is 158 cm³/mol. The van der Waals surface area contributed by atoms with E-state index in [4.69, 9.17) is 39.9 Å². The molecule has 0 bridgehead atoms. The van der Waals surface area contributed by atoms with Gasteiger partial charge in [-0.3, -0.25) is 4.79 Å². The van der Waals surface area contributed by atoms with Crippen molar-refractivity contribution in [1.29, 1.82) is 0 Å². The summed E-state index contributed by atoms with van der Waals surface area (Å²) in [6.07, 6.45) is 10.8. The van der Waals surface area contributed by atoms with Crippen LogP contribution in [0.5, 0.6) is 0 Å². The Morgan fingerprint density at radius 2 is 1.95 bits per heavy atom. The largest absolute Gasteiger partial charge is 0.344 e. The quantitative estimate of drug-likeness (QED) is 0.167. The summed E-state index contributed by atoms with van der Waals surface area (Å²) in [5.41, 5.74) is 5.11. The van der Waals surface area contributed by atoms with Gasteiger partial charge in [-0.1, -0.05) is 66.2 Å². The molecule has 1 aromatic carbocycles. The number of carbonyl (C=O) groups is 1. The van der Waals surface area contributed by atoms with Gasteiger partial charge >= 0.3 is 0 Å². The zero-order chi connectivity index (χ0) is 26.4. The van der Waals surface area contributed by atoms with Crippen LogP contribution >= 0.6 is 46.1 Å². The molecule has 2 heterocycles. The van der Waals surface area contributed by atoms with E-state index < -0.39 is 0 Å². The topological polar surface area (TPSA) is 46.9 Å². The van der Waals surface area contributed by atoms with E-state index in [1.165, 1.54) is 11.3 Å². The Kier molecular flexibility index (Phi) is 9.49. The Bertz CT molecular complexity index is 1370. The summed E-state index contributed by atoms with van der Waals surface area (Å²) in [5.74, 6) is -0.0220. The zero-order valence-electron chi connectivity index (χ0n) is 20.5. The van der Waals surface area contributed by atoms with Crippen molar-refractivity contribution in [3.63, 3.8) is 0 Å². The molecular weight excluding hydrogens is 545 g/mol. The minimum absolute atomic E-state index is 0.166. The summed E-state index contributed by atoms with van der Waals surface area (Å²) < 4.78 is 2.54. The molecule has 0 saturated carbocycles. The van der Waals surface area contributed by atoms with Gasteiger partial charge in [-0.15, -0.1) is 22.9 Å². The maximum Gasteiger partial charge on any atom is 0.272 e. The average molecular weight is 573 g/mol. The first kappa shape index (κ1) is 27.5. The molecule has 0 aliphatic heterocycles. The second kappa shape index (κ2) is 12.8. The summed E-state index contributed by atoms with van der Waals surface area (Å²) in [4.78, 5) is 14.6. The van der Waals surface area contributed by atoms with Crippen LogP contribution in [0.15, 0.2) is 72.3 Å². The van der Waals surface area contributed by atoms with E-state index in [9.17, 15) is 4.79 Å². The minimum Gasteiger partial charge on any atom is -0.344 e. The van der Waals surface area contributed by atoms with Crippen molar-refractivity contribution in [2.75, 3.05) is 5.88 Å². The zero-order valence-corrected chi connectivity index (χ0v) is 23.6. The third kappa shape index (κ3) is 6.66. The number of hydrogen-bond donors (Lipinski definition) is 1. The van der Waals surface area contributed by atoms with Gasteiger partial charge in [0.25, 0.3) is 5.91 Å². The molecule has 4 nitrogen and oxygen atoms in total. The molecule has 1 aliphatic rings. The van der Waals surface area contributed by atoms with E-state index in [1.54, 1.807) is 16.8 Å². The van der Waals surface area contributed by atoms with E-state index >= 15 is 0 Å². The highest BCUT2D eigenvalue weighted by molar-refractivity contribution is 7.17. The Morgan fingerprint density at radius 3 is 2.62 bits per heavy atom. The number of halogens is 3. The smallest absolute Gasteiger partial charge is 0.272 e. The second-order valence-corrected chi connectivity index (χ2v) is 11.2. The van der Waals surface area contributed by atoms with Gasteiger partial charge in [0.15, 0.2) is 5.69 Å². The van der Waals surface area contributed by atoms with Crippen molar-refractivity contribution in [2.45, 2.75) is 38.6 Å². The maximum absolute atomic E-state index is 13.6. The molecule has 1 amide bonds. The molecular formula is C29H28Cl3N3OS. The van der Waals surface area contributed by atoms with Crippen molar-refractivity contribution < 1.29 is 4.79 Å². The Morgan fingerprint density at radius 1 is 1.19 bits per heavy atom. The first-order chi connectivity index (χ1) is 17.9.